The molecule has 7 nitrogen and oxygen atoms in total. The lowest BCUT2D eigenvalue weighted by molar-refractivity contribution is -0.119. The summed E-state index contributed by atoms with van der Waals surface area (Å²) in [4.78, 5) is 12.4. The number of carbonyl (C=O) groups excluding carboxylic acids is 1. The van der Waals surface area contributed by atoms with E-state index in [0.29, 0.717) is 17.2 Å². The van der Waals surface area contributed by atoms with Crippen molar-refractivity contribution in [1.82, 2.24) is 5.32 Å². The maximum Gasteiger partial charge on any atom is 0.240 e. The molecule has 1 N–H and O–H groups in total. The molecule has 164 valence electrons. The number of methoxy groups -OCH3 is 1. The van der Waals surface area contributed by atoms with Gasteiger partial charge in [0.25, 0.3) is 0 Å². The molecule has 0 unspecified atom stereocenters. The highest BCUT2D eigenvalue weighted by atomic mass is 32.2. The van der Waals surface area contributed by atoms with Crippen LogP contribution in [0.5, 0.6) is 11.5 Å². The standard InChI is InChI=1S/C23H26N2O5S/c1-17-8-11-22(29-2)21(14-17)25(31(3,27)28)16-23(26)24-12-13-30-20-10-9-18-6-4-5-7-19(18)15-20/h4-11,14-15H,12-13,16H2,1-3H3,(H,24,26). The van der Waals surface area contributed by atoms with Gasteiger partial charge in [0.2, 0.25) is 15.9 Å². The summed E-state index contributed by atoms with van der Waals surface area (Å²) in [7, 11) is -2.24. The highest BCUT2D eigenvalue weighted by Gasteiger charge is 2.24. The summed E-state index contributed by atoms with van der Waals surface area (Å²) >= 11 is 0. The number of carbonyl (C=O) groups is 1. The van der Waals surface area contributed by atoms with Gasteiger partial charge in [0.1, 0.15) is 24.7 Å². The van der Waals surface area contributed by atoms with Crippen LogP contribution in [0, 0.1) is 6.92 Å². The molecule has 0 spiro atoms. The normalized spacial score (nSPS) is 11.2. The number of benzene rings is 3. The first kappa shape index (κ1) is 22.4. The summed E-state index contributed by atoms with van der Waals surface area (Å²) in [6.45, 7) is 1.99. The zero-order valence-electron chi connectivity index (χ0n) is 17.8. The van der Waals surface area contributed by atoms with Crippen molar-refractivity contribution in [1.29, 1.82) is 0 Å². The van der Waals surface area contributed by atoms with Crippen LogP contribution >= 0.6 is 0 Å². The Kier molecular flexibility index (Phi) is 7.02. The minimum Gasteiger partial charge on any atom is -0.495 e. The first-order valence-corrected chi connectivity index (χ1v) is 11.6. The third-order valence-electron chi connectivity index (χ3n) is 4.70. The largest absolute Gasteiger partial charge is 0.495 e. The number of ether oxygens (including phenoxy) is 2. The zero-order valence-corrected chi connectivity index (χ0v) is 18.6. The fourth-order valence-corrected chi connectivity index (χ4v) is 4.03. The molecule has 1 amide bonds. The molecule has 0 saturated carbocycles. The SMILES string of the molecule is COc1ccc(C)cc1N(CC(=O)NCCOc1ccc2ccccc2c1)S(C)(=O)=O. The molecule has 8 heteroatoms. The first-order chi connectivity index (χ1) is 14.8. The molecule has 3 aromatic rings. The van der Waals surface area contributed by atoms with E-state index in [2.05, 4.69) is 5.32 Å². The highest BCUT2D eigenvalue weighted by molar-refractivity contribution is 7.92. The number of anilines is 1. The van der Waals surface area contributed by atoms with Crippen LogP contribution in [0.1, 0.15) is 5.56 Å². The van der Waals surface area contributed by atoms with Crippen molar-refractivity contribution >= 4 is 32.4 Å². The molecule has 0 aromatic heterocycles. The summed E-state index contributed by atoms with van der Waals surface area (Å²) in [5.74, 6) is 0.648. The Morgan fingerprint density at radius 3 is 2.48 bits per heavy atom. The Labute approximate surface area is 182 Å². The Bertz CT molecular complexity index is 1180. The van der Waals surface area contributed by atoms with Crippen LogP contribution in [-0.4, -0.2) is 47.4 Å². The van der Waals surface area contributed by atoms with Gasteiger partial charge in [-0.15, -0.1) is 0 Å². The van der Waals surface area contributed by atoms with E-state index in [1.807, 2.05) is 55.5 Å². The van der Waals surface area contributed by atoms with Gasteiger partial charge in [-0.2, -0.15) is 0 Å². The molecule has 0 bridgehead atoms. The van der Waals surface area contributed by atoms with Crippen LogP contribution in [0.15, 0.2) is 60.7 Å². The van der Waals surface area contributed by atoms with Gasteiger partial charge in [-0.05, 0) is 47.5 Å². The van der Waals surface area contributed by atoms with Gasteiger partial charge in [0, 0.05) is 0 Å². The van der Waals surface area contributed by atoms with E-state index in [9.17, 15) is 13.2 Å². The lowest BCUT2D eigenvalue weighted by Gasteiger charge is -2.24. The molecular weight excluding hydrogens is 416 g/mol. The number of aryl methyl sites for hydroxylation is 1. The summed E-state index contributed by atoms with van der Waals surface area (Å²) < 4.78 is 36.7. The minimum absolute atomic E-state index is 0.244. The molecule has 0 aliphatic rings. The number of nitrogens with zero attached hydrogens (tertiary/aromatic N) is 1. The molecule has 0 atom stereocenters. The molecular formula is C23H26N2O5S. The molecule has 0 aliphatic heterocycles. The third kappa shape index (κ3) is 5.88. The van der Waals surface area contributed by atoms with Crippen molar-refractivity contribution in [2.75, 3.05) is 37.4 Å². The minimum atomic E-state index is -3.70. The molecule has 0 aliphatic carbocycles. The Morgan fingerprint density at radius 1 is 1.03 bits per heavy atom. The second kappa shape index (κ2) is 9.70. The van der Waals surface area contributed by atoms with E-state index in [4.69, 9.17) is 9.47 Å². The smallest absolute Gasteiger partial charge is 0.240 e. The fourth-order valence-electron chi connectivity index (χ4n) is 3.18. The van der Waals surface area contributed by atoms with Crippen LogP contribution in [0.2, 0.25) is 0 Å². The van der Waals surface area contributed by atoms with Crippen molar-refractivity contribution in [2.45, 2.75) is 6.92 Å². The van der Waals surface area contributed by atoms with Gasteiger partial charge in [-0.25, -0.2) is 8.42 Å². The van der Waals surface area contributed by atoms with Crippen molar-refractivity contribution in [2.24, 2.45) is 0 Å². The van der Waals surface area contributed by atoms with Crippen LogP contribution in [0.3, 0.4) is 0 Å². The molecule has 0 fully saturated rings. The summed E-state index contributed by atoms with van der Waals surface area (Å²) in [6.07, 6.45) is 1.06. The summed E-state index contributed by atoms with van der Waals surface area (Å²) in [6, 6.07) is 18.9. The first-order valence-electron chi connectivity index (χ1n) is 9.78. The van der Waals surface area contributed by atoms with Crippen LogP contribution in [0.4, 0.5) is 5.69 Å². The van der Waals surface area contributed by atoms with Gasteiger partial charge >= 0.3 is 0 Å². The van der Waals surface area contributed by atoms with Crippen LogP contribution in [0.25, 0.3) is 10.8 Å². The number of amides is 1. The van der Waals surface area contributed by atoms with Crippen LogP contribution in [-0.2, 0) is 14.8 Å². The van der Waals surface area contributed by atoms with Gasteiger partial charge < -0.3 is 14.8 Å². The number of hydrogen-bond acceptors (Lipinski definition) is 5. The Morgan fingerprint density at radius 2 is 1.77 bits per heavy atom. The number of fused-ring (bicyclic) bond motifs is 1. The second-order valence-electron chi connectivity index (χ2n) is 7.15. The number of rotatable bonds is 9. The fraction of sp³-hybridized carbons (Fsp3) is 0.261. The maximum absolute atomic E-state index is 12.4. The molecule has 3 aromatic carbocycles. The molecule has 3 rings (SSSR count). The van der Waals surface area contributed by atoms with Crippen molar-refractivity contribution in [3.8, 4) is 11.5 Å². The van der Waals surface area contributed by atoms with Gasteiger partial charge in [0.15, 0.2) is 0 Å². The lowest BCUT2D eigenvalue weighted by Crippen LogP contribution is -2.41. The van der Waals surface area contributed by atoms with Gasteiger partial charge in [-0.3, -0.25) is 9.10 Å². The summed E-state index contributed by atoms with van der Waals surface area (Å²) in [5.41, 5.74) is 1.18. The van der Waals surface area contributed by atoms with E-state index < -0.39 is 15.9 Å². The predicted molar refractivity (Wildman–Crippen MR) is 122 cm³/mol. The third-order valence-corrected chi connectivity index (χ3v) is 5.83. The number of nitrogens with one attached hydrogen (secondary N) is 1. The maximum atomic E-state index is 12.4. The Balaban J connectivity index is 1.59. The Hall–Kier alpha value is -3.26. The van der Waals surface area contributed by atoms with Crippen molar-refractivity contribution in [3.05, 3.63) is 66.2 Å². The average molecular weight is 443 g/mol. The summed E-state index contributed by atoms with van der Waals surface area (Å²) in [5, 5.41) is 4.89. The topological polar surface area (TPSA) is 84.9 Å². The van der Waals surface area contributed by atoms with E-state index in [1.54, 1.807) is 12.1 Å². The van der Waals surface area contributed by atoms with E-state index in [0.717, 1.165) is 26.9 Å². The second-order valence-corrected chi connectivity index (χ2v) is 9.06. The van der Waals surface area contributed by atoms with E-state index in [1.165, 1.54) is 7.11 Å². The monoisotopic (exact) mass is 442 g/mol. The number of hydrogen-bond donors (Lipinski definition) is 1. The van der Waals surface area contributed by atoms with Crippen molar-refractivity contribution < 1.29 is 22.7 Å². The molecule has 0 radical (unpaired) electrons. The average Bonchev–Trinajstić information content (AvgIpc) is 2.74. The quantitative estimate of drug-likeness (QED) is 0.515. The van der Waals surface area contributed by atoms with E-state index in [-0.39, 0.29) is 19.7 Å². The number of sulfonamides is 1. The molecule has 0 saturated heterocycles. The van der Waals surface area contributed by atoms with Gasteiger partial charge in [-0.1, -0.05) is 36.4 Å². The molecule has 31 heavy (non-hydrogen) atoms. The highest BCUT2D eigenvalue weighted by Crippen LogP contribution is 2.30. The predicted octanol–water partition coefficient (Wildman–Crippen LogP) is 3.12. The molecule has 0 heterocycles. The van der Waals surface area contributed by atoms with Crippen LogP contribution < -0.4 is 19.1 Å². The van der Waals surface area contributed by atoms with E-state index >= 15 is 0 Å². The van der Waals surface area contributed by atoms with Crippen molar-refractivity contribution in [3.63, 3.8) is 0 Å². The van der Waals surface area contributed by atoms with Gasteiger partial charge in [0.05, 0.1) is 25.6 Å². The lowest BCUT2D eigenvalue weighted by atomic mass is 10.1. The zero-order chi connectivity index (χ0) is 22.4.